The Balaban J connectivity index is 1.59. The van der Waals surface area contributed by atoms with Gasteiger partial charge in [0, 0.05) is 25.6 Å². The number of methoxy groups -OCH3 is 2. The van der Waals surface area contributed by atoms with Gasteiger partial charge in [-0.1, -0.05) is 18.2 Å². The second-order valence-electron chi connectivity index (χ2n) is 7.05. The van der Waals surface area contributed by atoms with Gasteiger partial charge in [0.2, 0.25) is 5.91 Å². The molecule has 4 rings (SSSR count). The van der Waals surface area contributed by atoms with Crippen molar-refractivity contribution in [3.05, 3.63) is 58.7 Å². The zero-order chi connectivity index (χ0) is 18.3. The quantitative estimate of drug-likeness (QED) is 0.918. The van der Waals surface area contributed by atoms with E-state index < -0.39 is 0 Å². The smallest absolute Gasteiger partial charge is 0.224 e. The lowest BCUT2D eigenvalue weighted by molar-refractivity contribution is -0.131. The van der Waals surface area contributed by atoms with Gasteiger partial charge in [-0.25, -0.2) is 0 Å². The lowest BCUT2D eigenvalue weighted by atomic mass is 9.95. The molecular formula is C21H24N2O3. The summed E-state index contributed by atoms with van der Waals surface area (Å²) in [5.41, 5.74) is 4.72. The third-order valence-corrected chi connectivity index (χ3v) is 5.42. The Kier molecular flexibility index (Phi) is 4.32. The van der Waals surface area contributed by atoms with Crippen molar-refractivity contribution in [3.8, 4) is 11.5 Å². The Bertz CT molecular complexity index is 832. The van der Waals surface area contributed by atoms with Crippen molar-refractivity contribution in [3.63, 3.8) is 0 Å². The van der Waals surface area contributed by atoms with E-state index in [1.807, 2.05) is 36.1 Å². The predicted octanol–water partition coefficient (Wildman–Crippen LogP) is 3.13. The van der Waals surface area contributed by atoms with E-state index in [-0.39, 0.29) is 18.0 Å². The molecule has 2 aliphatic heterocycles. The van der Waals surface area contributed by atoms with Crippen LogP contribution in [0.4, 0.5) is 0 Å². The number of rotatable bonds is 4. The summed E-state index contributed by atoms with van der Waals surface area (Å²) in [6.45, 7) is 3.33. The van der Waals surface area contributed by atoms with Crippen molar-refractivity contribution >= 4 is 5.91 Å². The summed E-state index contributed by atoms with van der Waals surface area (Å²) in [5, 5.41) is 3.62. The summed E-state index contributed by atoms with van der Waals surface area (Å²) in [4.78, 5) is 14.7. The molecule has 26 heavy (non-hydrogen) atoms. The van der Waals surface area contributed by atoms with E-state index in [1.54, 1.807) is 14.2 Å². The lowest BCUT2D eigenvalue weighted by Crippen LogP contribution is -2.33. The molecule has 2 bridgehead atoms. The molecule has 136 valence electrons. The highest BCUT2D eigenvalue weighted by atomic mass is 16.5. The van der Waals surface area contributed by atoms with Gasteiger partial charge in [0.1, 0.15) is 11.5 Å². The number of amides is 1. The van der Waals surface area contributed by atoms with E-state index in [9.17, 15) is 4.79 Å². The second kappa shape index (κ2) is 6.65. The topological polar surface area (TPSA) is 50.8 Å². The van der Waals surface area contributed by atoms with Crippen molar-refractivity contribution in [1.82, 2.24) is 10.2 Å². The molecule has 0 radical (unpaired) electrons. The van der Waals surface area contributed by atoms with Gasteiger partial charge in [-0.05, 0) is 47.4 Å². The van der Waals surface area contributed by atoms with E-state index in [0.717, 1.165) is 22.6 Å². The number of ether oxygens (including phenoxy) is 2. The van der Waals surface area contributed by atoms with Crippen LogP contribution >= 0.6 is 0 Å². The van der Waals surface area contributed by atoms with Gasteiger partial charge in [-0.3, -0.25) is 4.79 Å². The summed E-state index contributed by atoms with van der Waals surface area (Å²) in [6.07, 6.45) is 0.491. The van der Waals surface area contributed by atoms with Crippen LogP contribution in [-0.2, 0) is 11.3 Å². The van der Waals surface area contributed by atoms with Crippen molar-refractivity contribution in [2.75, 3.05) is 20.8 Å². The molecule has 2 aromatic rings. The van der Waals surface area contributed by atoms with Crippen LogP contribution in [0.25, 0.3) is 0 Å². The van der Waals surface area contributed by atoms with Crippen LogP contribution in [0.15, 0.2) is 36.4 Å². The van der Waals surface area contributed by atoms with Gasteiger partial charge in [-0.2, -0.15) is 0 Å². The zero-order valence-electron chi connectivity index (χ0n) is 15.4. The Labute approximate surface area is 153 Å². The maximum absolute atomic E-state index is 12.8. The number of aryl methyl sites for hydroxylation is 1. The molecule has 2 unspecified atom stereocenters. The fourth-order valence-electron chi connectivity index (χ4n) is 4.02. The summed E-state index contributed by atoms with van der Waals surface area (Å²) < 4.78 is 10.7. The first-order chi connectivity index (χ1) is 12.6. The first-order valence-electron chi connectivity index (χ1n) is 8.94. The number of nitrogens with one attached hydrogen (secondary N) is 1. The largest absolute Gasteiger partial charge is 0.497 e. The van der Waals surface area contributed by atoms with E-state index in [1.165, 1.54) is 11.1 Å². The third kappa shape index (κ3) is 2.92. The van der Waals surface area contributed by atoms with Crippen molar-refractivity contribution in [2.24, 2.45) is 0 Å². The lowest BCUT2D eigenvalue weighted by Gasteiger charge is -2.26. The minimum absolute atomic E-state index is 0.0907. The average molecular weight is 352 g/mol. The van der Waals surface area contributed by atoms with E-state index in [2.05, 4.69) is 17.4 Å². The number of fused-ring (bicyclic) bond motifs is 5. The number of benzene rings is 2. The molecule has 0 aliphatic carbocycles. The highest BCUT2D eigenvalue weighted by Gasteiger charge is 2.38. The van der Waals surface area contributed by atoms with Crippen LogP contribution < -0.4 is 14.8 Å². The highest BCUT2D eigenvalue weighted by Crippen LogP contribution is 2.41. The molecule has 2 atom stereocenters. The average Bonchev–Trinajstić information content (AvgIpc) is 2.87. The number of hydrogen-bond acceptors (Lipinski definition) is 4. The standard InChI is InChI=1S/C21H24N2O3/c1-13-8-16-17(9-20(13)26-3)19-12-23(21(24)10-18(16)22-19)11-14-4-6-15(25-2)7-5-14/h4-9,18-19,22H,10-12H2,1-3H3. The molecule has 5 heteroatoms. The van der Waals surface area contributed by atoms with Crippen LogP contribution in [-0.4, -0.2) is 31.6 Å². The molecular weight excluding hydrogens is 328 g/mol. The van der Waals surface area contributed by atoms with Crippen molar-refractivity contribution in [1.29, 1.82) is 0 Å². The summed E-state index contributed by atoms with van der Waals surface area (Å²) in [6, 6.07) is 12.4. The van der Waals surface area contributed by atoms with Crippen LogP contribution in [0.2, 0.25) is 0 Å². The molecule has 1 saturated heterocycles. The van der Waals surface area contributed by atoms with Crippen LogP contribution in [0.3, 0.4) is 0 Å². The van der Waals surface area contributed by atoms with Gasteiger partial charge in [0.25, 0.3) is 0 Å². The molecule has 1 N–H and O–H groups in total. The van der Waals surface area contributed by atoms with Gasteiger partial charge < -0.3 is 19.7 Å². The van der Waals surface area contributed by atoms with E-state index in [4.69, 9.17) is 9.47 Å². The molecule has 1 fully saturated rings. The normalized spacial score (nSPS) is 21.3. The second-order valence-corrected chi connectivity index (χ2v) is 7.05. The predicted molar refractivity (Wildman–Crippen MR) is 99.4 cm³/mol. The first-order valence-corrected chi connectivity index (χ1v) is 8.94. The first kappa shape index (κ1) is 16.9. The summed E-state index contributed by atoms with van der Waals surface area (Å²) in [7, 11) is 3.36. The fraction of sp³-hybridized carbons (Fsp3) is 0.381. The molecule has 2 heterocycles. The third-order valence-electron chi connectivity index (χ3n) is 5.42. The minimum atomic E-state index is 0.0907. The maximum Gasteiger partial charge on any atom is 0.224 e. The van der Waals surface area contributed by atoms with Crippen LogP contribution in [0, 0.1) is 6.92 Å². The summed E-state index contributed by atoms with van der Waals surface area (Å²) in [5.74, 6) is 1.93. The van der Waals surface area contributed by atoms with Crippen molar-refractivity contribution < 1.29 is 14.3 Å². The molecule has 1 amide bonds. The molecule has 2 aromatic carbocycles. The Morgan fingerprint density at radius 2 is 1.81 bits per heavy atom. The number of carbonyl (C=O) groups is 1. The monoisotopic (exact) mass is 352 g/mol. The molecule has 0 spiro atoms. The summed E-state index contributed by atoms with van der Waals surface area (Å²) >= 11 is 0. The van der Waals surface area contributed by atoms with Crippen LogP contribution in [0.5, 0.6) is 11.5 Å². The zero-order valence-corrected chi connectivity index (χ0v) is 15.4. The van der Waals surface area contributed by atoms with Gasteiger partial charge in [-0.15, -0.1) is 0 Å². The molecule has 5 nitrogen and oxygen atoms in total. The maximum atomic E-state index is 12.8. The molecule has 2 aliphatic rings. The van der Waals surface area contributed by atoms with Crippen LogP contribution in [0.1, 0.15) is 40.8 Å². The van der Waals surface area contributed by atoms with E-state index >= 15 is 0 Å². The molecule has 0 saturated carbocycles. The minimum Gasteiger partial charge on any atom is -0.497 e. The van der Waals surface area contributed by atoms with Crippen molar-refractivity contribution in [2.45, 2.75) is 32.0 Å². The fourth-order valence-corrected chi connectivity index (χ4v) is 4.02. The number of hydrogen-bond donors (Lipinski definition) is 1. The Morgan fingerprint density at radius 1 is 1.08 bits per heavy atom. The highest BCUT2D eigenvalue weighted by molar-refractivity contribution is 5.78. The Morgan fingerprint density at radius 3 is 2.50 bits per heavy atom. The SMILES string of the molecule is COc1ccc(CN2CC3NC(CC2=O)c2cc(C)c(OC)cc23)cc1. The number of carbonyl (C=O) groups excluding carboxylic acids is 1. The van der Waals surface area contributed by atoms with Gasteiger partial charge in [0.15, 0.2) is 0 Å². The van der Waals surface area contributed by atoms with Gasteiger partial charge in [0.05, 0.1) is 20.3 Å². The molecule has 0 aromatic heterocycles. The Hall–Kier alpha value is -2.53. The number of nitrogens with zero attached hydrogens (tertiary/aromatic N) is 1. The van der Waals surface area contributed by atoms with Gasteiger partial charge >= 0.3 is 0 Å². The van der Waals surface area contributed by atoms with E-state index in [0.29, 0.717) is 19.5 Å².